The first kappa shape index (κ1) is 22.3. The highest BCUT2D eigenvalue weighted by Crippen LogP contribution is 2.23. The average molecular weight is 425 g/mol. The minimum Gasteiger partial charge on any atom is -0.456 e. The molecular formula is C23H27N3O5. The monoisotopic (exact) mass is 425 g/mol. The molecule has 2 heterocycles. The highest BCUT2D eigenvalue weighted by molar-refractivity contribution is 6.08. The number of hydrogen-bond acceptors (Lipinski definition) is 5. The van der Waals surface area contributed by atoms with Crippen LogP contribution in [0.3, 0.4) is 0 Å². The smallest absolute Gasteiger partial charge is 0.326 e. The van der Waals surface area contributed by atoms with Crippen LogP contribution in [-0.4, -0.2) is 51.8 Å². The number of carbonyl (C=O) groups is 4. The van der Waals surface area contributed by atoms with E-state index in [0.717, 1.165) is 27.5 Å². The Morgan fingerprint density at radius 1 is 1.03 bits per heavy atom. The van der Waals surface area contributed by atoms with E-state index in [1.807, 2.05) is 44.4 Å². The maximum absolute atomic E-state index is 12.7. The van der Waals surface area contributed by atoms with Crippen molar-refractivity contribution in [3.63, 3.8) is 0 Å². The van der Waals surface area contributed by atoms with Gasteiger partial charge in [0.2, 0.25) is 5.78 Å². The number of imide groups is 1. The van der Waals surface area contributed by atoms with Gasteiger partial charge < -0.3 is 14.6 Å². The average Bonchev–Trinajstić information content (AvgIpc) is 3.08. The fourth-order valence-corrected chi connectivity index (χ4v) is 3.67. The van der Waals surface area contributed by atoms with Crippen molar-refractivity contribution in [3.8, 4) is 5.69 Å². The van der Waals surface area contributed by atoms with Crippen molar-refractivity contribution >= 4 is 23.7 Å². The lowest BCUT2D eigenvalue weighted by Gasteiger charge is -2.15. The van der Waals surface area contributed by atoms with Crippen LogP contribution in [0, 0.1) is 27.7 Å². The van der Waals surface area contributed by atoms with Crippen LogP contribution in [0.25, 0.3) is 5.69 Å². The van der Waals surface area contributed by atoms with Gasteiger partial charge in [-0.05, 0) is 70.9 Å². The predicted octanol–water partition coefficient (Wildman–Crippen LogP) is 2.77. The molecule has 8 heteroatoms. The van der Waals surface area contributed by atoms with Gasteiger partial charge in [-0.1, -0.05) is 6.07 Å². The van der Waals surface area contributed by atoms with Crippen LogP contribution in [-0.2, 0) is 14.3 Å². The molecule has 0 aliphatic carbocycles. The van der Waals surface area contributed by atoms with Crippen LogP contribution < -0.4 is 5.32 Å². The molecule has 0 saturated carbocycles. The number of aryl methyl sites for hydroxylation is 3. The molecule has 8 nitrogen and oxygen atoms in total. The maximum atomic E-state index is 12.7. The second-order valence-electron chi connectivity index (χ2n) is 8.42. The quantitative estimate of drug-likeness (QED) is 0.436. The molecule has 1 saturated heterocycles. The molecule has 1 aromatic heterocycles. The number of esters is 1. The summed E-state index contributed by atoms with van der Waals surface area (Å²) in [6.45, 7) is 9.91. The molecular weight excluding hydrogens is 398 g/mol. The number of aromatic nitrogens is 1. The van der Waals surface area contributed by atoms with Gasteiger partial charge in [0, 0.05) is 22.6 Å². The summed E-state index contributed by atoms with van der Waals surface area (Å²) in [6, 6.07) is 7.19. The van der Waals surface area contributed by atoms with Crippen molar-refractivity contribution in [1.82, 2.24) is 14.8 Å². The molecule has 0 unspecified atom stereocenters. The molecule has 0 spiro atoms. The minimum atomic E-state index is -1.07. The Morgan fingerprint density at radius 2 is 1.71 bits per heavy atom. The number of ether oxygens (including phenoxy) is 1. The van der Waals surface area contributed by atoms with Crippen molar-refractivity contribution < 1.29 is 23.9 Å². The number of ketones is 1. The van der Waals surface area contributed by atoms with E-state index < -0.39 is 36.6 Å². The van der Waals surface area contributed by atoms with Gasteiger partial charge in [-0.15, -0.1) is 0 Å². The topological polar surface area (TPSA) is 97.7 Å². The van der Waals surface area contributed by atoms with E-state index in [-0.39, 0.29) is 5.78 Å². The molecule has 164 valence electrons. The van der Waals surface area contributed by atoms with Crippen molar-refractivity contribution in [2.75, 3.05) is 13.2 Å². The van der Waals surface area contributed by atoms with Crippen molar-refractivity contribution in [3.05, 3.63) is 52.3 Å². The van der Waals surface area contributed by atoms with E-state index in [9.17, 15) is 19.2 Å². The second-order valence-corrected chi connectivity index (χ2v) is 8.42. The summed E-state index contributed by atoms with van der Waals surface area (Å²) in [7, 11) is 0. The third-order valence-electron chi connectivity index (χ3n) is 5.58. The molecule has 1 aromatic carbocycles. The normalized spacial score (nSPS) is 15.2. The molecule has 1 fully saturated rings. The second kappa shape index (κ2) is 8.02. The van der Waals surface area contributed by atoms with E-state index in [0.29, 0.717) is 5.56 Å². The number of hydrogen-bond donors (Lipinski definition) is 1. The molecule has 1 N–H and O–H groups in total. The largest absolute Gasteiger partial charge is 0.456 e. The first-order chi connectivity index (χ1) is 14.4. The van der Waals surface area contributed by atoms with Gasteiger partial charge in [0.1, 0.15) is 12.1 Å². The lowest BCUT2D eigenvalue weighted by molar-refractivity contribution is -0.146. The third kappa shape index (κ3) is 4.23. The SMILES string of the molecule is Cc1ccc(-n2c(C)cc(C(=O)COC(=O)CN3C(=O)NC(C)(C)C3=O)c2C)cc1C. The van der Waals surface area contributed by atoms with Crippen LogP contribution >= 0.6 is 0 Å². The van der Waals surface area contributed by atoms with Gasteiger partial charge in [0.15, 0.2) is 6.61 Å². The minimum absolute atomic E-state index is 0.353. The zero-order chi connectivity index (χ0) is 23.1. The van der Waals surface area contributed by atoms with Gasteiger partial charge >= 0.3 is 12.0 Å². The molecule has 2 aromatic rings. The Hall–Kier alpha value is -3.42. The third-order valence-corrected chi connectivity index (χ3v) is 5.58. The Balaban J connectivity index is 1.69. The Labute approximate surface area is 181 Å². The van der Waals surface area contributed by atoms with Crippen molar-refractivity contribution in [1.29, 1.82) is 0 Å². The van der Waals surface area contributed by atoms with E-state index in [1.54, 1.807) is 19.9 Å². The Kier molecular flexibility index (Phi) is 5.76. The molecule has 0 radical (unpaired) electrons. The number of nitrogens with zero attached hydrogens (tertiary/aromatic N) is 2. The summed E-state index contributed by atoms with van der Waals surface area (Å²) >= 11 is 0. The summed E-state index contributed by atoms with van der Waals surface area (Å²) in [4.78, 5) is 49.7. The van der Waals surface area contributed by atoms with Gasteiger partial charge in [-0.25, -0.2) is 4.79 Å². The summed E-state index contributed by atoms with van der Waals surface area (Å²) in [5.74, 6) is -1.69. The van der Waals surface area contributed by atoms with E-state index >= 15 is 0 Å². The number of benzene rings is 1. The Bertz CT molecular complexity index is 1100. The number of nitrogens with one attached hydrogen (secondary N) is 1. The van der Waals surface area contributed by atoms with Crippen LogP contribution in [0.1, 0.15) is 46.7 Å². The lowest BCUT2D eigenvalue weighted by Crippen LogP contribution is -2.41. The Morgan fingerprint density at radius 3 is 2.29 bits per heavy atom. The zero-order valence-corrected chi connectivity index (χ0v) is 18.7. The van der Waals surface area contributed by atoms with Gasteiger partial charge in [-0.2, -0.15) is 0 Å². The number of amides is 3. The first-order valence-electron chi connectivity index (χ1n) is 10.0. The van der Waals surface area contributed by atoms with Crippen LogP contribution in [0.4, 0.5) is 4.79 Å². The molecule has 3 rings (SSSR count). The lowest BCUT2D eigenvalue weighted by atomic mass is 10.1. The summed E-state index contributed by atoms with van der Waals surface area (Å²) in [5.41, 5.74) is 4.31. The number of carbonyl (C=O) groups excluding carboxylic acids is 4. The van der Waals surface area contributed by atoms with Crippen LogP contribution in [0.15, 0.2) is 24.3 Å². The van der Waals surface area contributed by atoms with Gasteiger partial charge in [0.05, 0.1) is 0 Å². The van der Waals surface area contributed by atoms with Gasteiger partial charge in [-0.3, -0.25) is 19.3 Å². The highest BCUT2D eigenvalue weighted by atomic mass is 16.5. The van der Waals surface area contributed by atoms with Crippen LogP contribution in [0.5, 0.6) is 0 Å². The van der Waals surface area contributed by atoms with Gasteiger partial charge in [0.25, 0.3) is 5.91 Å². The summed E-state index contributed by atoms with van der Waals surface area (Å²) in [5, 5.41) is 2.49. The highest BCUT2D eigenvalue weighted by Gasteiger charge is 2.45. The van der Waals surface area contributed by atoms with Crippen molar-refractivity contribution in [2.45, 2.75) is 47.1 Å². The standard InChI is InChI=1S/C23H27N3O5/c1-13-7-8-17(9-14(13)2)26-15(3)10-18(16(26)4)19(27)12-31-20(28)11-25-21(29)23(5,6)24-22(25)30/h7-10H,11-12H2,1-6H3,(H,24,30). The molecule has 1 aliphatic rings. The number of urea groups is 1. The van der Waals surface area contributed by atoms with E-state index in [1.165, 1.54) is 5.56 Å². The molecule has 0 atom stereocenters. The van der Waals surface area contributed by atoms with E-state index in [4.69, 9.17) is 4.74 Å². The fraction of sp³-hybridized carbons (Fsp3) is 0.391. The molecule has 31 heavy (non-hydrogen) atoms. The number of rotatable bonds is 6. The predicted molar refractivity (Wildman–Crippen MR) is 114 cm³/mol. The van der Waals surface area contributed by atoms with E-state index in [2.05, 4.69) is 11.4 Å². The fourth-order valence-electron chi connectivity index (χ4n) is 3.67. The first-order valence-corrected chi connectivity index (χ1v) is 10.0. The molecule has 0 bridgehead atoms. The number of Topliss-reactive ketones (excluding diaryl/α,β-unsaturated/α-hetero) is 1. The molecule has 3 amide bonds. The summed E-state index contributed by atoms with van der Waals surface area (Å²) < 4.78 is 7.04. The molecule has 1 aliphatic heterocycles. The summed E-state index contributed by atoms with van der Waals surface area (Å²) in [6.07, 6.45) is 0. The zero-order valence-electron chi connectivity index (χ0n) is 18.7. The van der Waals surface area contributed by atoms with Crippen LogP contribution in [0.2, 0.25) is 0 Å². The van der Waals surface area contributed by atoms with Crippen molar-refractivity contribution in [2.24, 2.45) is 0 Å². The maximum Gasteiger partial charge on any atom is 0.326 e.